The van der Waals surface area contributed by atoms with E-state index < -0.39 is 7.26 Å². The molecule has 0 aliphatic carbocycles. The van der Waals surface area contributed by atoms with E-state index in [-0.39, 0.29) is 0 Å². The number of rotatable bonds is 6. The van der Waals surface area contributed by atoms with Crippen molar-refractivity contribution >= 4 is 23.2 Å². The summed E-state index contributed by atoms with van der Waals surface area (Å²) in [5, 5.41) is 4.50. The molecule has 0 N–H and O–H groups in total. The molecule has 0 aliphatic rings. The van der Waals surface area contributed by atoms with Gasteiger partial charge in [-0.1, -0.05) is 61.9 Å². The van der Waals surface area contributed by atoms with Crippen molar-refractivity contribution in [3.63, 3.8) is 0 Å². The molecule has 0 bridgehead atoms. The van der Waals surface area contributed by atoms with E-state index in [4.69, 9.17) is 0 Å². The zero-order valence-corrected chi connectivity index (χ0v) is 15.5. The summed E-state index contributed by atoms with van der Waals surface area (Å²) in [6.45, 7) is 4.49. The summed E-state index contributed by atoms with van der Waals surface area (Å²) < 4.78 is 0. The molecule has 24 heavy (non-hydrogen) atoms. The van der Waals surface area contributed by atoms with Gasteiger partial charge in [0, 0.05) is 0 Å². The minimum absolute atomic E-state index is 1.23. The molecule has 0 spiro atoms. The number of aryl methyl sites for hydroxylation is 1. The summed E-state index contributed by atoms with van der Waals surface area (Å²) in [6.07, 6.45) is 3.72. The van der Waals surface area contributed by atoms with Crippen molar-refractivity contribution in [3.8, 4) is 0 Å². The molecular formula is C23H26P+. The maximum Gasteiger partial charge on any atom is 0.112 e. The van der Waals surface area contributed by atoms with Crippen LogP contribution in [0, 0.1) is 6.92 Å². The highest BCUT2D eigenvalue weighted by Crippen LogP contribution is 2.55. The predicted octanol–water partition coefficient (Wildman–Crippen LogP) is 5.09. The van der Waals surface area contributed by atoms with E-state index in [9.17, 15) is 0 Å². The van der Waals surface area contributed by atoms with Crippen LogP contribution in [0.1, 0.15) is 25.3 Å². The molecule has 0 fully saturated rings. The van der Waals surface area contributed by atoms with Crippen molar-refractivity contribution < 1.29 is 0 Å². The first-order chi connectivity index (χ1) is 11.8. The molecule has 3 aromatic rings. The van der Waals surface area contributed by atoms with Gasteiger partial charge in [0.15, 0.2) is 0 Å². The lowest BCUT2D eigenvalue weighted by Gasteiger charge is -2.28. The third-order valence-electron chi connectivity index (χ3n) is 4.68. The molecule has 3 rings (SSSR count). The van der Waals surface area contributed by atoms with Gasteiger partial charge in [-0.2, -0.15) is 0 Å². The lowest BCUT2D eigenvalue weighted by molar-refractivity contribution is 0.891. The number of unbranched alkanes of at least 4 members (excludes halogenated alkanes) is 1. The van der Waals surface area contributed by atoms with Crippen LogP contribution in [0.2, 0.25) is 0 Å². The SMILES string of the molecule is CCCC[P+](c1ccccc1)(c1ccccc1)c1cccc(C)c1. The first kappa shape index (κ1) is 16.9. The maximum atomic E-state index is 2.41. The summed E-state index contributed by atoms with van der Waals surface area (Å²) in [5.74, 6) is 0. The monoisotopic (exact) mass is 333 g/mol. The predicted molar refractivity (Wildman–Crippen MR) is 110 cm³/mol. The fourth-order valence-electron chi connectivity index (χ4n) is 3.46. The van der Waals surface area contributed by atoms with E-state index >= 15 is 0 Å². The van der Waals surface area contributed by atoms with E-state index in [1.807, 2.05) is 0 Å². The second-order valence-electron chi connectivity index (χ2n) is 6.40. The van der Waals surface area contributed by atoms with Crippen LogP contribution < -0.4 is 15.9 Å². The Labute approximate surface area is 146 Å². The molecule has 1 heteroatoms. The summed E-state index contributed by atoms with van der Waals surface area (Å²) >= 11 is 0. The number of benzene rings is 3. The van der Waals surface area contributed by atoms with Gasteiger partial charge in [-0.05, 0) is 55.3 Å². The van der Waals surface area contributed by atoms with Crippen LogP contribution in [0.3, 0.4) is 0 Å². The number of hydrogen-bond donors (Lipinski definition) is 0. The van der Waals surface area contributed by atoms with E-state index in [1.165, 1.54) is 40.5 Å². The average molecular weight is 333 g/mol. The highest BCUT2D eigenvalue weighted by Gasteiger charge is 2.44. The van der Waals surface area contributed by atoms with Crippen molar-refractivity contribution in [2.45, 2.75) is 26.7 Å². The van der Waals surface area contributed by atoms with E-state index in [0.717, 1.165) is 0 Å². The molecule has 0 nitrogen and oxygen atoms in total. The van der Waals surface area contributed by atoms with Gasteiger partial charge in [0.25, 0.3) is 0 Å². The first-order valence-electron chi connectivity index (χ1n) is 8.84. The molecule has 0 saturated carbocycles. The molecule has 3 aromatic carbocycles. The third-order valence-corrected chi connectivity index (χ3v) is 9.19. The summed E-state index contributed by atoms with van der Waals surface area (Å²) in [6, 6.07) is 31.5. The molecule has 0 amide bonds. The van der Waals surface area contributed by atoms with E-state index in [2.05, 4.69) is 98.8 Å². The molecule has 0 saturated heterocycles. The van der Waals surface area contributed by atoms with Crippen molar-refractivity contribution in [1.29, 1.82) is 0 Å². The second kappa shape index (κ2) is 7.77. The second-order valence-corrected chi connectivity index (χ2v) is 10.0. The Morgan fingerprint density at radius 2 is 1.21 bits per heavy atom. The first-order valence-corrected chi connectivity index (χ1v) is 10.8. The molecule has 0 unspecified atom stereocenters. The lowest BCUT2D eigenvalue weighted by atomic mass is 10.2. The van der Waals surface area contributed by atoms with Crippen LogP contribution in [-0.4, -0.2) is 6.16 Å². The van der Waals surface area contributed by atoms with Crippen molar-refractivity contribution in [3.05, 3.63) is 90.5 Å². The van der Waals surface area contributed by atoms with Gasteiger partial charge >= 0.3 is 0 Å². The minimum atomic E-state index is -1.60. The van der Waals surface area contributed by atoms with Gasteiger partial charge in [-0.15, -0.1) is 0 Å². The highest BCUT2D eigenvalue weighted by atomic mass is 31.2. The molecule has 0 aromatic heterocycles. The van der Waals surface area contributed by atoms with Crippen molar-refractivity contribution in [1.82, 2.24) is 0 Å². The molecule has 0 aliphatic heterocycles. The zero-order chi connectivity index (χ0) is 16.8. The Morgan fingerprint density at radius 1 is 0.667 bits per heavy atom. The lowest BCUT2D eigenvalue weighted by Crippen LogP contribution is -2.33. The molecule has 122 valence electrons. The van der Waals surface area contributed by atoms with Gasteiger partial charge in [0.2, 0.25) is 0 Å². The largest absolute Gasteiger partial charge is 0.112 e. The normalized spacial score (nSPS) is 11.4. The van der Waals surface area contributed by atoms with Crippen LogP contribution in [0.5, 0.6) is 0 Å². The molecule has 0 radical (unpaired) electrons. The maximum absolute atomic E-state index is 2.41. The molecule has 0 heterocycles. The van der Waals surface area contributed by atoms with Crippen LogP contribution in [0.15, 0.2) is 84.9 Å². The van der Waals surface area contributed by atoms with Crippen LogP contribution in [0.4, 0.5) is 0 Å². The standard InChI is InChI=1S/C23H26P/c1-3-4-18-24(21-13-7-5-8-14-21,22-15-9-6-10-16-22)23-17-11-12-20(2)19-23/h5-17,19H,3-4,18H2,1-2H3/q+1. The Morgan fingerprint density at radius 3 is 1.71 bits per heavy atom. The zero-order valence-electron chi connectivity index (χ0n) is 14.7. The van der Waals surface area contributed by atoms with Crippen LogP contribution in [-0.2, 0) is 0 Å². The molecular weight excluding hydrogens is 307 g/mol. The van der Waals surface area contributed by atoms with Crippen LogP contribution >= 0.6 is 7.26 Å². The smallest absolute Gasteiger partial charge is 0.0652 e. The average Bonchev–Trinajstić information content (AvgIpc) is 2.64. The Hall–Kier alpha value is -1.91. The summed E-state index contributed by atoms with van der Waals surface area (Å²) in [5.41, 5.74) is 1.35. The van der Waals surface area contributed by atoms with Gasteiger partial charge in [-0.25, -0.2) is 0 Å². The van der Waals surface area contributed by atoms with E-state index in [0.29, 0.717) is 0 Å². The van der Waals surface area contributed by atoms with Crippen molar-refractivity contribution in [2.75, 3.05) is 6.16 Å². The quantitative estimate of drug-likeness (QED) is 0.551. The summed E-state index contributed by atoms with van der Waals surface area (Å²) in [7, 11) is -1.60. The number of hydrogen-bond acceptors (Lipinski definition) is 0. The Kier molecular flexibility index (Phi) is 5.48. The van der Waals surface area contributed by atoms with Gasteiger partial charge in [-0.3, -0.25) is 0 Å². The molecule has 0 atom stereocenters. The van der Waals surface area contributed by atoms with E-state index in [1.54, 1.807) is 0 Å². The third kappa shape index (κ3) is 3.30. The fraction of sp³-hybridized carbons (Fsp3) is 0.217. The minimum Gasteiger partial charge on any atom is -0.0652 e. The Bertz CT molecular complexity index is 723. The fourth-order valence-corrected chi connectivity index (χ4v) is 8.05. The van der Waals surface area contributed by atoms with Gasteiger partial charge in [0.05, 0.1) is 6.16 Å². The highest BCUT2D eigenvalue weighted by molar-refractivity contribution is 7.95. The summed E-state index contributed by atoms with van der Waals surface area (Å²) in [4.78, 5) is 0. The van der Waals surface area contributed by atoms with Crippen molar-refractivity contribution in [2.24, 2.45) is 0 Å². The Balaban J connectivity index is 2.28. The van der Waals surface area contributed by atoms with Gasteiger partial charge < -0.3 is 0 Å². The van der Waals surface area contributed by atoms with Crippen LogP contribution in [0.25, 0.3) is 0 Å². The topological polar surface area (TPSA) is 0 Å². The van der Waals surface area contributed by atoms with Gasteiger partial charge in [0.1, 0.15) is 23.2 Å².